The standard InChI is InChI=1S/C16H18N4O4S/c1-8-10-12(21)17-9(2)18-13(10)25-11(8)14(22)20-5-4-16(7-20)6-19(3)15(23)24-16/h4-7H2,1-3H3,(H,17,18,21)/t16-/m0/s1. The van der Waals surface area contributed by atoms with E-state index in [0.717, 1.165) is 0 Å². The predicted molar refractivity (Wildman–Crippen MR) is 92.1 cm³/mol. The molecule has 132 valence electrons. The summed E-state index contributed by atoms with van der Waals surface area (Å²) in [7, 11) is 1.69. The van der Waals surface area contributed by atoms with Crippen LogP contribution < -0.4 is 5.56 Å². The summed E-state index contributed by atoms with van der Waals surface area (Å²) in [6.45, 7) is 4.87. The molecule has 0 unspecified atom stereocenters. The van der Waals surface area contributed by atoms with Crippen LogP contribution in [-0.4, -0.2) is 64.1 Å². The van der Waals surface area contributed by atoms with Crippen LogP contribution in [-0.2, 0) is 4.74 Å². The zero-order valence-electron chi connectivity index (χ0n) is 14.2. The number of thiophene rings is 1. The molecule has 8 nitrogen and oxygen atoms in total. The summed E-state index contributed by atoms with van der Waals surface area (Å²) in [5.41, 5.74) is -0.182. The molecule has 0 aliphatic carbocycles. The topological polar surface area (TPSA) is 95.6 Å². The molecule has 0 radical (unpaired) electrons. The summed E-state index contributed by atoms with van der Waals surface area (Å²) in [4.78, 5) is 48.2. The molecule has 1 spiro atoms. The second kappa shape index (κ2) is 5.29. The molecular weight excluding hydrogens is 344 g/mol. The molecule has 4 heterocycles. The number of carbonyl (C=O) groups excluding carboxylic acids is 2. The average molecular weight is 362 g/mol. The summed E-state index contributed by atoms with van der Waals surface area (Å²) in [6, 6.07) is 0. The molecule has 1 N–H and O–H groups in total. The number of nitrogens with one attached hydrogen (secondary N) is 1. The third kappa shape index (κ3) is 2.41. The number of likely N-dealkylation sites (N-methyl/N-ethyl adjacent to an activating group) is 1. The van der Waals surface area contributed by atoms with E-state index >= 15 is 0 Å². The number of H-pyrrole nitrogens is 1. The van der Waals surface area contributed by atoms with Crippen molar-refractivity contribution in [2.75, 3.05) is 26.7 Å². The van der Waals surface area contributed by atoms with Gasteiger partial charge in [0.1, 0.15) is 10.7 Å². The number of fused-ring (bicyclic) bond motifs is 1. The Kier molecular flexibility index (Phi) is 3.40. The van der Waals surface area contributed by atoms with Gasteiger partial charge >= 0.3 is 6.09 Å². The predicted octanol–water partition coefficient (Wildman–Crippen LogP) is 1.27. The number of hydrogen-bond donors (Lipinski definition) is 1. The van der Waals surface area contributed by atoms with Gasteiger partial charge < -0.3 is 19.5 Å². The first-order valence-electron chi connectivity index (χ1n) is 8.03. The second-order valence-corrected chi connectivity index (χ2v) is 7.77. The lowest BCUT2D eigenvalue weighted by atomic mass is 10.0. The van der Waals surface area contributed by atoms with E-state index in [2.05, 4.69) is 9.97 Å². The van der Waals surface area contributed by atoms with Crippen molar-refractivity contribution in [3.63, 3.8) is 0 Å². The highest BCUT2D eigenvalue weighted by Gasteiger charge is 2.49. The number of hydrogen-bond acceptors (Lipinski definition) is 6. The smallest absolute Gasteiger partial charge is 0.410 e. The largest absolute Gasteiger partial charge is 0.439 e. The van der Waals surface area contributed by atoms with Gasteiger partial charge in [-0.3, -0.25) is 9.59 Å². The zero-order chi connectivity index (χ0) is 17.9. The van der Waals surface area contributed by atoms with E-state index in [0.29, 0.717) is 52.5 Å². The maximum absolute atomic E-state index is 13.0. The van der Waals surface area contributed by atoms with Crippen molar-refractivity contribution >= 4 is 33.6 Å². The summed E-state index contributed by atoms with van der Waals surface area (Å²) in [6.07, 6.45) is 0.273. The van der Waals surface area contributed by atoms with Crippen molar-refractivity contribution in [1.29, 1.82) is 0 Å². The maximum atomic E-state index is 13.0. The Hall–Kier alpha value is -2.42. The minimum atomic E-state index is -0.613. The molecule has 0 aromatic carbocycles. The Morgan fingerprint density at radius 1 is 1.32 bits per heavy atom. The Morgan fingerprint density at radius 2 is 2.08 bits per heavy atom. The summed E-state index contributed by atoms with van der Waals surface area (Å²) < 4.78 is 5.49. The SMILES string of the molecule is Cc1nc2sc(C(=O)N3CC[C@]4(CN(C)C(=O)O4)C3)c(C)c2c(=O)[nH]1. The van der Waals surface area contributed by atoms with Crippen molar-refractivity contribution in [3.8, 4) is 0 Å². The molecule has 2 aromatic heterocycles. The Balaban J connectivity index is 1.65. The van der Waals surface area contributed by atoms with E-state index in [-0.39, 0.29) is 17.6 Å². The van der Waals surface area contributed by atoms with E-state index in [4.69, 9.17) is 4.74 Å². The van der Waals surface area contributed by atoms with E-state index in [1.807, 2.05) is 0 Å². The van der Waals surface area contributed by atoms with Gasteiger partial charge in [0.25, 0.3) is 11.5 Å². The Labute approximate surface area is 147 Å². The van der Waals surface area contributed by atoms with Crippen LogP contribution in [0.1, 0.15) is 27.5 Å². The van der Waals surface area contributed by atoms with E-state index in [1.54, 1.807) is 25.8 Å². The molecule has 9 heteroatoms. The summed E-state index contributed by atoms with van der Waals surface area (Å²) >= 11 is 1.24. The number of carbonyl (C=O) groups is 2. The minimum absolute atomic E-state index is 0.139. The van der Waals surface area contributed by atoms with E-state index in [1.165, 1.54) is 16.2 Å². The molecule has 25 heavy (non-hydrogen) atoms. The number of ether oxygens (including phenoxy) is 1. The number of nitrogens with zero attached hydrogens (tertiary/aromatic N) is 3. The van der Waals surface area contributed by atoms with Crippen LogP contribution >= 0.6 is 11.3 Å². The third-order valence-electron chi connectivity index (χ3n) is 4.86. The van der Waals surface area contributed by atoms with Gasteiger partial charge in [-0.1, -0.05) is 0 Å². The van der Waals surface area contributed by atoms with Gasteiger partial charge in [-0.05, 0) is 19.4 Å². The van der Waals surface area contributed by atoms with Crippen LogP contribution in [0.25, 0.3) is 10.2 Å². The van der Waals surface area contributed by atoms with Gasteiger partial charge in [-0.25, -0.2) is 9.78 Å². The number of likely N-dealkylation sites (tertiary alicyclic amines) is 1. The van der Waals surface area contributed by atoms with Crippen molar-refractivity contribution < 1.29 is 14.3 Å². The molecule has 2 aromatic rings. The van der Waals surface area contributed by atoms with Gasteiger partial charge in [-0.2, -0.15) is 0 Å². The molecule has 2 aliphatic heterocycles. The minimum Gasteiger partial charge on any atom is -0.439 e. The normalized spacial score (nSPS) is 23.1. The van der Waals surface area contributed by atoms with Crippen LogP contribution in [0, 0.1) is 13.8 Å². The molecule has 4 rings (SSSR count). The quantitative estimate of drug-likeness (QED) is 0.824. The number of aryl methyl sites for hydroxylation is 2. The highest BCUT2D eigenvalue weighted by Crippen LogP contribution is 2.34. The van der Waals surface area contributed by atoms with Crippen LogP contribution in [0.5, 0.6) is 0 Å². The highest BCUT2D eigenvalue weighted by molar-refractivity contribution is 7.20. The molecular formula is C16H18N4O4S. The average Bonchev–Trinajstić information content (AvgIpc) is 3.16. The fourth-order valence-electron chi connectivity index (χ4n) is 3.62. The lowest BCUT2D eigenvalue weighted by Gasteiger charge is -2.21. The van der Waals surface area contributed by atoms with Gasteiger partial charge in [0.05, 0.1) is 23.4 Å². The van der Waals surface area contributed by atoms with Crippen LogP contribution in [0.15, 0.2) is 4.79 Å². The van der Waals surface area contributed by atoms with Gasteiger partial charge in [0.2, 0.25) is 0 Å². The summed E-state index contributed by atoms with van der Waals surface area (Å²) in [5.74, 6) is 0.388. The first kappa shape index (κ1) is 16.1. The highest BCUT2D eigenvalue weighted by atomic mass is 32.1. The molecule has 2 amide bonds. The van der Waals surface area contributed by atoms with Gasteiger partial charge in [-0.15, -0.1) is 11.3 Å². The van der Waals surface area contributed by atoms with Crippen molar-refractivity contribution in [2.24, 2.45) is 0 Å². The monoisotopic (exact) mass is 362 g/mol. The van der Waals surface area contributed by atoms with Crippen molar-refractivity contribution in [2.45, 2.75) is 25.9 Å². The molecule has 0 saturated carbocycles. The lowest BCUT2D eigenvalue weighted by Crippen LogP contribution is -2.39. The van der Waals surface area contributed by atoms with E-state index in [9.17, 15) is 14.4 Å². The number of amides is 2. The van der Waals surface area contributed by atoms with Gasteiger partial charge in [0, 0.05) is 20.0 Å². The Morgan fingerprint density at radius 3 is 2.76 bits per heavy atom. The van der Waals surface area contributed by atoms with E-state index < -0.39 is 5.60 Å². The lowest BCUT2D eigenvalue weighted by molar-refractivity contribution is 0.0555. The van der Waals surface area contributed by atoms with Crippen LogP contribution in [0.2, 0.25) is 0 Å². The molecule has 0 bridgehead atoms. The molecule has 1 atom stereocenters. The first-order chi connectivity index (χ1) is 11.8. The first-order valence-corrected chi connectivity index (χ1v) is 8.85. The molecule has 2 fully saturated rings. The van der Waals surface area contributed by atoms with Crippen LogP contribution in [0.3, 0.4) is 0 Å². The second-order valence-electron chi connectivity index (χ2n) is 6.77. The molecule has 2 saturated heterocycles. The fraction of sp³-hybridized carbons (Fsp3) is 0.500. The molecule has 2 aliphatic rings. The van der Waals surface area contributed by atoms with Gasteiger partial charge in [0.15, 0.2) is 5.60 Å². The third-order valence-corrected chi connectivity index (χ3v) is 6.03. The zero-order valence-corrected chi connectivity index (χ0v) is 15.0. The van der Waals surface area contributed by atoms with Crippen LogP contribution in [0.4, 0.5) is 4.79 Å². The fourth-order valence-corrected chi connectivity index (χ4v) is 4.82. The van der Waals surface area contributed by atoms with Crippen molar-refractivity contribution in [1.82, 2.24) is 19.8 Å². The Bertz CT molecular complexity index is 965. The summed E-state index contributed by atoms with van der Waals surface area (Å²) in [5, 5.41) is 0.472. The number of aromatic nitrogens is 2. The maximum Gasteiger partial charge on any atom is 0.410 e. The van der Waals surface area contributed by atoms with Crippen molar-refractivity contribution in [3.05, 3.63) is 26.6 Å². The number of aromatic amines is 1. The number of rotatable bonds is 1.